The first kappa shape index (κ1) is 7.32. The van der Waals surface area contributed by atoms with Crippen LogP contribution in [0.25, 0.3) is 17.2 Å². The van der Waals surface area contributed by atoms with Gasteiger partial charge in [-0.1, -0.05) is 0 Å². The van der Waals surface area contributed by atoms with Gasteiger partial charge in [0.2, 0.25) is 0 Å². The quantitative estimate of drug-likeness (QED) is 0.636. The fraction of sp³-hybridized carbons (Fsp3) is 0. The molecule has 4 nitrogen and oxygen atoms in total. The van der Waals surface area contributed by atoms with Crippen molar-refractivity contribution in [2.75, 3.05) is 0 Å². The lowest BCUT2D eigenvalue weighted by Crippen LogP contribution is -1.96. The SMILES string of the molecule is O=Cc1ccc2c3c1ncn3C=CO2. The van der Waals surface area contributed by atoms with Crippen LogP contribution >= 0.6 is 0 Å². The largest absolute Gasteiger partial charge is 0.461 e. The number of hydrogen-bond donors (Lipinski definition) is 0. The van der Waals surface area contributed by atoms with Crippen LogP contribution in [-0.2, 0) is 0 Å². The summed E-state index contributed by atoms with van der Waals surface area (Å²) in [6, 6.07) is 3.48. The predicted molar refractivity (Wildman–Crippen MR) is 51.1 cm³/mol. The van der Waals surface area contributed by atoms with Gasteiger partial charge in [0, 0.05) is 11.8 Å². The monoisotopic (exact) mass is 186 g/mol. The second-order valence-electron chi connectivity index (χ2n) is 3.02. The molecular weight excluding hydrogens is 180 g/mol. The maximum absolute atomic E-state index is 10.7. The topological polar surface area (TPSA) is 44.1 Å². The molecule has 1 aliphatic rings. The third kappa shape index (κ3) is 0.771. The van der Waals surface area contributed by atoms with Gasteiger partial charge in [0.05, 0.1) is 0 Å². The molecule has 0 N–H and O–H groups in total. The van der Waals surface area contributed by atoms with Crippen LogP contribution in [0.4, 0.5) is 0 Å². The van der Waals surface area contributed by atoms with E-state index in [4.69, 9.17) is 4.74 Å². The molecule has 14 heavy (non-hydrogen) atoms. The number of imidazole rings is 1. The summed E-state index contributed by atoms with van der Waals surface area (Å²) in [4.78, 5) is 14.9. The molecule has 0 spiro atoms. The molecule has 0 saturated heterocycles. The number of ether oxygens (including phenoxy) is 1. The molecular formula is C10H6N2O2. The fourth-order valence-electron chi connectivity index (χ4n) is 1.61. The zero-order valence-electron chi connectivity index (χ0n) is 7.18. The summed E-state index contributed by atoms with van der Waals surface area (Å²) >= 11 is 0. The highest BCUT2D eigenvalue weighted by molar-refractivity contribution is 5.98. The molecule has 3 rings (SSSR count). The lowest BCUT2D eigenvalue weighted by molar-refractivity contribution is 0.112. The van der Waals surface area contributed by atoms with E-state index in [1.54, 1.807) is 30.9 Å². The van der Waals surface area contributed by atoms with Gasteiger partial charge in [0.15, 0.2) is 12.0 Å². The number of carbonyl (C=O) groups excluding carboxylic acids is 1. The highest BCUT2D eigenvalue weighted by Crippen LogP contribution is 2.29. The number of hydrogen-bond acceptors (Lipinski definition) is 3. The van der Waals surface area contributed by atoms with Crippen molar-refractivity contribution in [1.82, 2.24) is 9.55 Å². The molecule has 4 heteroatoms. The number of aldehydes is 1. The van der Waals surface area contributed by atoms with E-state index in [0.29, 0.717) is 11.1 Å². The van der Waals surface area contributed by atoms with Gasteiger partial charge in [-0.05, 0) is 12.1 Å². The van der Waals surface area contributed by atoms with Crippen molar-refractivity contribution in [1.29, 1.82) is 0 Å². The van der Waals surface area contributed by atoms with Crippen molar-refractivity contribution in [2.24, 2.45) is 0 Å². The van der Waals surface area contributed by atoms with E-state index in [1.165, 1.54) is 0 Å². The maximum Gasteiger partial charge on any atom is 0.152 e. The van der Waals surface area contributed by atoms with Gasteiger partial charge in [-0.3, -0.25) is 9.36 Å². The van der Waals surface area contributed by atoms with Crippen LogP contribution in [0.5, 0.6) is 5.75 Å². The third-order valence-electron chi connectivity index (χ3n) is 2.26. The van der Waals surface area contributed by atoms with Crippen LogP contribution in [0.15, 0.2) is 24.7 Å². The van der Waals surface area contributed by atoms with Crippen LogP contribution in [0.2, 0.25) is 0 Å². The summed E-state index contributed by atoms with van der Waals surface area (Å²) in [6.45, 7) is 0. The highest BCUT2D eigenvalue weighted by atomic mass is 16.5. The average molecular weight is 186 g/mol. The van der Waals surface area contributed by atoms with Gasteiger partial charge >= 0.3 is 0 Å². The van der Waals surface area contributed by atoms with Gasteiger partial charge in [-0.25, -0.2) is 4.98 Å². The van der Waals surface area contributed by atoms with Gasteiger partial charge in [-0.15, -0.1) is 0 Å². The maximum atomic E-state index is 10.7. The van der Waals surface area contributed by atoms with Crippen LogP contribution < -0.4 is 4.74 Å². The minimum atomic E-state index is 0.585. The molecule has 2 heterocycles. The van der Waals surface area contributed by atoms with Gasteiger partial charge in [0.25, 0.3) is 0 Å². The standard InChI is InChI=1S/C10H6N2O2/c13-5-7-1-2-8-10-9(7)11-6-12(10)3-4-14-8/h1-6H. The van der Waals surface area contributed by atoms with E-state index in [1.807, 2.05) is 4.57 Å². The zero-order chi connectivity index (χ0) is 9.54. The zero-order valence-corrected chi connectivity index (χ0v) is 7.18. The first-order valence-corrected chi connectivity index (χ1v) is 4.18. The number of nitrogens with zero attached hydrogens (tertiary/aromatic N) is 2. The molecule has 0 aliphatic carbocycles. The molecule has 68 valence electrons. The molecule has 1 aromatic heterocycles. The smallest absolute Gasteiger partial charge is 0.152 e. The summed E-state index contributed by atoms with van der Waals surface area (Å²) < 4.78 is 7.13. The van der Waals surface area contributed by atoms with E-state index >= 15 is 0 Å². The van der Waals surface area contributed by atoms with E-state index in [9.17, 15) is 4.79 Å². The summed E-state index contributed by atoms with van der Waals surface area (Å²) in [7, 11) is 0. The first-order chi connectivity index (χ1) is 6.90. The molecule has 2 aromatic rings. The first-order valence-electron chi connectivity index (χ1n) is 4.18. The van der Waals surface area contributed by atoms with Crippen LogP contribution in [0.1, 0.15) is 10.4 Å². The summed E-state index contributed by atoms with van der Waals surface area (Å²) in [5.41, 5.74) is 2.11. The Morgan fingerprint density at radius 2 is 2.36 bits per heavy atom. The second-order valence-corrected chi connectivity index (χ2v) is 3.02. The normalized spacial score (nSPS) is 12.9. The number of carbonyl (C=O) groups is 1. The Bertz CT molecular complexity index is 554. The highest BCUT2D eigenvalue weighted by Gasteiger charge is 2.13. The van der Waals surface area contributed by atoms with E-state index < -0.39 is 0 Å². The van der Waals surface area contributed by atoms with Crippen molar-refractivity contribution in [2.45, 2.75) is 0 Å². The summed E-state index contributed by atoms with van der Waals surface area (Å²) in [5, 5.41) is 0. The molecule has 0 saturated carbocycles. The Balaban J connectivity index is 2.51. The molecule has 1 aliphatic heterocycles. The van der Waals surface area contributed by atoms with Crippen molar-refractivity contribution in [3.63, 3.8) is 0 Å². The van der Waals surface area contributed by atoms with Crippen LogP contribution in [-0.4, -0.2) is 15.8 Å². The Labute approximate surface area is 79.4 Å². The third-order valence-corrected chi connectivity index (χ3v) is 2.26. The summed E-state index contributed by atoms with van der Waals surface area (Å²) in [6.07, 6.45) is 5.82. The molecule has 1 aromatic carbocycles. The van der Waals surface area contributed by atoms with E-state index in [2.05, 4.69) is 4.98 Å². The predicted octanol–water partition coefficient (Wildman–Crippen LogP) is 1.67. The number of benzene rings is 1. The van der Waals surface area contributed by atoms with E-state index in [-0.39, 0.29) is 0 Å². The van der Waals surface area contributed by atoms with Crippen LogP contribution in [0, 0.1) is 0 Å². The van der Waals surface area contributed by atoms with Crippen molar-refractivity contribution in [3.05, 3.63) is 30.3 Å². The molecule has 0 amide bonds. The Morgan fingerprint density at radius 1 is 1.43 bits per heavy atom. The Hall–Kier alpha value is -2.10. The molecule has 0 atom stereocenters. The van der Waals surface area contributed by atoms with Crippen molar-refractivity contribution in [3.8, 4) is 5.75 Å². The van der Waals surface area contributed by atoms with Gasteiger partial charge < -0.3 is 4.74 Å². The van der Waals surface area contributed by atoms with Crippen molar-refractivity contribution >= 4 is 23.5 Å². The lowest BCUT2D eigenvalue weighted by atomic mass is 10.2. The molecule has 0 radical (unpaired) electrons. The van der Waals surface area contributed by atoms with Crippen molar-refractivity contribution < 1.29 is 9.53 Å². The Morgan fingerprint density at radius 3 is 3.21 bits per heavy atom. The van der Waals surface area contributed by atoms with Crippen LogP contribution in [0.3, 0.4) is 0 Å². The molecule has 0 bridgehead atoms. The number of rotatable bonds is 1. The summed E-state index contributed by atoms with van der Waals surface area (Å²) in [5.74, 6) is 0.727. The second kappa shape index (κ2) is 2.45. The van der Waals surface area contributed by atoms with Gasteiger partial charge in [0.1, 0.15) is 23.6 Å². The molecule has 0 fully saturated rings. The molecule has 0 unspecified atom stereocenters. The Kier molecular flexibility index (Phi) is 1.28. The van der Waals surface area contributed by atoms with Gasteiger partial charge in [-0.2, -0.15) is 0 Å². The minimum Gasteiger partial charge on any atom is -0.461 e. The van der Waals surface area contributed by atoms with E-state index in [0.717, 1.165) is 17.6 Å². The average Bonchev–Trinajstić information content (AvgIpc) is 2.66. The fourth-order valence-corrected chi connectivity index (χ4v) is 1.61. The minimum absolute atomic E-state index is 0.585. The lowest BCUT2D eigenvalue weighted by Gasteiger charge is -2.09. The number of aromatic nitrogens is 2.